The molecule has 0 fully saturated rings. The Balaban J connectivity index is 3.42. The second-order valence-electron chi connectivity index (χ2n) is 23.9. The average molecular weight is 1060 g/mol. The molecule has 0 spiro atoms. The fourth-order valence-electron chi connectivity index (χ4n) is 11.1. The number of carbonyl (C=O) groups excluding carboxylic acids is 2. The Labute approximate surface area is 469 Å². The number of nitrogens with one attached hydrogen (secondary N) is 1. The summed E-state index contributed by atoms with van der Waals surface area (Å²) in [5.41, 5.74) is 0. The number of hydrogen-bond donors (Lipinski definition) is 3. The van der Waals surface area contributed by atoms with Crippen LogP contribution in [0, 0.1) is 0 Å². The van der Waals surface area contributed by atoms with E-state index in [0.29, 0.717) is 19.4 Å². The average Bonchev–Trinajstić information content (AvgIpc) is 3.41. The van der Waals surface area contributed by atoms with Gasteiger partial charge in [-0.05, 0) is 32.1 Å². The third kappa shape index (κ3) is 61.7. The molecule has 0 heterocycles. The predicted octanol–water partition coefficient (Wildman–Crippen LogP) is 22.0. The highest BCUT2D eigenvalue weighted by Crippen LogP contribution is 2.19. The Morgan fingerprint density at radius 1 is 0.360 bits per heavy atom. The van der Waals surface area contributed by atoms with Gasteiger partial charge in [-0.2, -0.15) is 0 Å². The minimum absolute atomic E-state index is 0.0102. The molecule has 2 unspecified atom stereocenters. The number of unbranched alkanes of at least 4 members (excludes halogenated alkanes) is 54. The molecule has 6 nitrogen and oxygen atoms in total. The molecule has 0 bridgehead atoms. The van der Waals surface area contributed by atoms with Gasteiger partial charge in [0.15, 0.2) is 0 Å². The summed E-state index contributed by atoms with van der Waals surface area (Å²) in [4.78, 5) is 24.6. The number of allylic oxidation sites excluding steroid dienone is 1. The Morgan fingerprint density at radius 2 is 0.613 bits per heavy atom. The summed E-state index contributed by atoms with van der Waals surface area (Å²) < 4.78 is 5.50. The molecule has 6 heteroatoms. The minimum Gasteiger partial charge on any atom is -0.466 e. The van der Waals surface area contributed by atoms with Crippen molar-refractivity contribution in [1.82, 2.24) is 5.32 Å². The number of esters is 1. The summed E-state index contributed by atoms with van der Waals surface area (Å²) in [7, 11) is 0. The maximum absolute atomic E-state index is 12.5. The molecule has 2 atom stereocenters. The van der Waals surface area contributed by atoms with Crippen LogP contribution in [0.3, 0.4) is 0 Å². The lowest BCUT2D eigenvalue weighted by atomic mass is 10.0. The van der Waals surface area contributed by atoms with Crippen molar-refractivity contribution in [2.45, 2.75) is 405 Å². The van der Waals surface area contributed by atoms with E-state index >= 15 is 0 Å². The molecule has 0 saturated heterocycles. The lowest BCUT2D eigenvalue weighted by molar-refractivity contribution is -0.143. The molecule has 3 N–H and O–H groups in total. The van der Waals surface area contributed by atoms with E-state index in [2.05, 4.69) is 19.2 Å². The third-order valence-corrected chi connectivity index (χ3v) is 16.3. The number of aliphatic hydroxyl groups excluding tert-OH is 2. The summed E-state index contributed by atoms with van der Waals surface area (Å²) in [5.74, 6) is -0.0581. The topological polar surface area (TPSA) is 95.9 Å². The summed E-state index contributed by atoms with van der Waals surface area (Å²) in [6.07, 6.45) is 79.9. The lowest BCUT2D eigenvalue weighted by Gasteiger charge is -2.20. The van der Waals surface area contributed by atoms with Crippen molar-refractivity contribution in [2.75, 3.05) is 13.2 Å². The highest BCUT2D eigenvalue weighted by Gasteiger charge is 2.18. The molecule has 1 amide bonds. The first-order valence-corrected chi connectivity index (χ1v) is 34.5. The van der Waals surface area contributed by atoms with E-state index < -0.39 is 12.1 Å². The van der Waals surface area contributed by atoms with Crippen molar-refractivity contribution >= 4 is 11.9 Å². The van der Waals surface area contributed by atoms with Gasteiger partial charge in [-0.3, -0.25) is 9.59 Å². The van der Waals surface area contributed by atoms with Crippen LogP contribution in [0.15, 0.2) is 12.2 Å². The Bertz CT molecular complexity index is 1130. The fourth-order valence-corrected chi connectivity index (χ4v) is 11.1. The van der Waals surface area contributed by atoms with Crippen molar-refractivity contribution in [1.29, 1.82) is 0 Å². The van der Waals surface area contributed by atoms with Crippen LogP contribution in [0.2, 0.25) is 0 Å². The Hall–Kier alpha value is -1.40. The minimum atomic E-state index is -0.849. The summed E-state index contributed by atoms with van der Waals surface area (Å²) in [6, 6.07) is -0.632. The van der Waals surface area contributed by atoms with E-state index in [1.54, 1.807) is 6.08 Å². The number of hydrogen-bond acceptors (Lipinski definition) is 5. The van der Waals surface area contributed by atoms with Crippen LogP contribution >= 0.6 is 0 Å². The van der Waals surface area contributed by atoms with Gasteiger partial charge in [0.25, 0.3) is 0 Å². The van der Waals surface area contributed by atoms with Crippen molar-refractivity contribution in [3.8, 4) is 0 Å². The standard InChI is InChI=1S/C69H135NO5/c1-3-5-7-9-11-13-15-17-19-21-23-24-25-26-27-29-33-37-41-45-49-53-57-61-67(72)66(65-71)70-68(73)62-58-54-50-46-42-38-34-30-28-32-36-40-44-48-52-56-60-64-75-69(74)63-59-55-51-47-43-39-35-31-22-20-18-16-14-12-10-8-6-4-2/h57,61,66-67,71-72H,3-56,58-60,62-65H2,1-2H3,(H,70,73)/b61-57+. The number of carbonyl (C=O) groups is 2. The van der Waals surface area contributed by atoms with Crippen LogP contribution in [0.5, 0.6) is 0 Å². The monoisotopic (exact) mass is 1060 g/mol. The van der Waals surface area contributed by atoms with E-state index in [0.717, 1.165) is 38.5 Å². The van der Waals surface area contributed by atoms with E-state index in [4.69, 9.17) is 4.74 Å². The second-order valence-corrected chi connectivity index (χ2v) is 23.9. The van der Waals surface area contributed by atoms with Gasteiger partial charge < -0.3 is 20.3 Å². The molecule has 0 rings (SSSR count). The van der Waals surface area contributed by atoms with Crippen LogP contribution in [-0.2, 0) is 14.3 Å². The first kappa shape index (κ1) is 73.6. The highest BCUT2D eigenvalue weighted by atomic mass is 16.5. The smallest absolute Gasteiger partial charge is 0.305 e. The predicted molar refractivity (Wildman–Crippen MR) is 329 cm³/mol. The first-order valence-electron chi connectivity index (χ1n) is 34.5. The number of ether oxygens (including phenoxy) is 1. The van der Waals surface area contributed by atoms with Crippen molar-refractivity contribution in [3.63, 3.8) is 0 Å². The van der Waals surface area contributed by atoms with Gasteiger partial charge in [-0.15, -0.1) is 0 Å². The molecule has 0 aliphatic carbocycles. The van der Waals surface area contributed by atoms with Crippen LogP contribution in [0.4, 0.5) is 0 Å². The Morgan fingerprint density at radius 3 is 0.907 bits per heavy atom. The molecule has 446 valence electrons. The van der Waals surface area contributed by atoms with Crippen molar-refractivity contribution < 1.29 is 24.5 Å². The Kier molecular flexibility index (Phi) is 63.9. The van der Waals surface area contributed by atoms with Crippen LogP contribution < -0.4 is 5.32 Å². The van der Waals surface area contributed by atoms with Crippen LogP contribution in [-0.4, -0.2) is 47.4 Å². The van der Waals surface area contributed by atoms with Gasteiger partial charge in [-0.25, -0.2) is 0 Å². The molecule has 0 aromatic carbocycles. The largest absolute Gasteiger partial charge is 0.466 e. The molecule has 75 heavy (non-hydrogen) atoms. The van der Waals surface area contributed by atoms with Gasteiger partial charge in [0.2, 0.25) is 5.91 Å². The van der Waals surface area contributed by atoms with Gasteiger partial charge in [0.05, 0.1) is 25.4 Å². The maximum atomic E-state index is 12.5. The van der Waals surface area contributed by atoms with Crippen molar-refractivity contribution in [3.05, 3.63) is 12.2 Å². The molecule has 0 aromatic heterocycles. The molecule has 0 saturated carbocycles. The summed E-state index contributed by atoms with van der Waals surface area (Å²) in [6.45, 7) is 4.94. The first-order chi connectivity index (χ1) is 37.0. The maximum Gasteiger partial charge on any atom is 0.305 e. The normalized spacial score (nSPS) is 12.5. The van der Waals surface area contributed by atoms with Crippen LogP contribution in [0.1, 0.15) is 393 Å². The van der Waals surface area contributed by atoms with Crippen molar-refractivity contribution in [2.24, 2.45) is 0 Å². The molecular weight excluding hydrogens is 923 g/mol. The zero-order valence-electron chi connectivity index (χ0n) is 51.1. The van der Waals surface area contributed by atoms with E-state index in [1.165, 1.54) is 327 Å². The molecular formula is C69H135NO5. The molecule has 0 aliphatic heterocycles. The number of amides is 1. The number of aliphatic hydroxyl groups is 2. The third-order valence-electron chi connectivity index (χ3n) is 16.3. The molecule has 0 aromatic rings. The highest BCUT2D eigenvalue weighted by molar-refractivity contribution is 5.76. The van der Waals surface area contributed by atoms with E-state index in [-0.39, 0.29) is 18.5 Å². The van der Waals surface area contributed by atoms with Gasteiger partial charge in [0, 0.05) is 12.8 Å². The van der Waals surface area contributed by atoms with Gasteiger partial charge >= 0.3 is 5.97 Å². The molecule has 0 aliphatic rings. The lowest BCUT2D eigenvalue weighted by Crippen LogP contribution is -2.45. The zero-order chi connectivity index (χ0) is 54.3. The van der Waals surface area contributed by atoms with E-state index in [9.17, 15) is 19.8 Å². The van der Waals surface area contributed by atoms with Crippen LogP contribution in [0.25, 0.3) is 0 Å². The number of rotatable bonds is 65. The second kappa shape index (κ2) is 65.1. The SMILES string of the molecule is CCCCCCCCCCCCCCCCCCCCCCC/C=C/C(O)C(CO)NC(=O)CCCCCCCCCCCCCCCCCCCOC(=O)CCCCCCCCCCCCCCCCCCCC. The van der Waals surface area contributed by atoms with E-state index in [1.807, 2.05) is 6.08 Å². The fraction of sp³-hybridized carbons (Fsp3) is 0.942. The summed E-state index contributed by atoms with van der Waals surface area (Å²) in [5, 5.41) is 23.3. The zero-order valence-corrected chi connectivity index (χ0v) is 51.1. The quantitative estimate of drug-likeness (QED) is 0.0320. The summed E-state index contributed by atoms with van der Waals surface area (Å²) >= 11 is 0. The molecule has 0 radical (unpaired) electrons. The van der Waals surface area contributed by atoms with Gasteiger partial charge in [0.1, 0.15) is 0 Å². The van der Waals surface area contributed by atoms with Gasteiger partial charge in [-0.1, -0.05) is 360 Å².